The van der Waals surface area contributed by atoms with Gasteiger partial charge in [-0.3, -0.25) is 14.4 Å². The van der Waals surface area contributed by atoms with E-state index >= 15 is 0 Å². The van der Waals surface area contributed by atoms with Gasteiger partial charge < -0.3 is 19.7 Å². The third-order valence-corrected chi connectivity index (χ3v) is 5.20. The van der Waals surface area contributed by atoms with Crippen LogP contribution in [0.3, 0.4) is 0 Å². The molecule has 0 spiro atoms. The number of aromatic amines is 1. The van der Waals surface area contributed by atoms with Gasteiger partial charge in [-0.1, -0.05) is 6.42 Å². The van der Waals surface area contributed by atoms with Crippen molar-refractivity contribution in [3.63, 3.8) is 0 Å². The summed E-state index contributed by atoms with van der Waals surface area (Å²) >= 11 is 0. The number of aliphatic carboxylic acids is 1. The Labute approximate surface area is 146 Å². The van der Waals surface area contributed by atoms with E-state index in [2.05, 4.69) is 4.98 Å². The van der Waals surface area contributed by atoms with E-state index in [4.69, 9.17) is 9.84 Å². The molecule has 1 aromatic rings. The van der Waals surface area contributed by atoms with Crippen LogP contribution in [0, 0.1) is 0 Å². The SMILES string of the molecule is CO[C@@H]1C[C@@H](CC(=O)O)N(C(=O)c2cc3c([nH]c2=O)CCCCC3)C1. The van der Waals surface area contributed by atoms with E-state index in [1.807, 2.05) is 0 Å². The van der Waals surface area contributed by atoms with Gasteiger partial charge in [0.25, 0.3) is 11.5 Å². The Morgan fingerprint density at radius 1 is 1.32 bits per heavy atom. The number of carbonyl (C=O) groups excluding carboxylic acids is 1. The fourth-order valence-corrected chi connectivity index (χ4v) is 3.85. The van der Waals surface area contributed by atoms with E-state index < -0.39 is 17.9 Å². The topological polar surface area (TPSA) is 99.7 Å². The molecule has 7 heteroatoms. The van der Waals surface area contributed by atoms with Crippen molar-refractivity contribution in [2.45, 2.75) is 57.1 Å². The molecule has 0 saturated carbocycles. The molecule has 1 aromatic heterocycles. The van der Waals surface area contributed by atoms with Gasteiger partial charge in [0, 0.05) is 25.4 Å². The Morgan fingerprint density at radius 3 is 2.80 bits per heavy atom. The molecule has 1 aliphatic carbocycles. The minimum Gasteiger partial charge on any atom is -0.481 e. The maximum atomic E-state index is 13.0. The van der Waals surface area contributed by atoms with Crippen LogP contribution in [0.2, 0.25) is 0 Å². The zero-order valence-corrected chi connectivity index (χ0v) is 14.4. The first-order chi connectivity index (χ1) is 12.0. The Morgan fingerprint density at radius 2 is 2.08 bits per heavy atom. The molecule has 7 nitrogen and oxygen atoms in total. The lowest BCUT2D eigenvalue weighted by Gasteiger charge is -2.23. The van der Waals surface area contributed by atoms with Gasteiger partial charge in [0.2, 0.25) is 0 Å². The Balaban J connectivity index is 1.90. The van der Waals surface area contributed by atoms with E-state index in [0.29, 0.717) is 13.0 Å². The predicted molar refractivity (Wildman–Crippen MR) is 90.8 cm³/mol. The number of aromatic nitrogens is 1. The molecule has 2 N–H and O–H groups in total. The van der Waals surface area contributed by atoms with Crippen molar-refractivity contribution >= 4 is 11.9 Å². The summed E-state index contributed by atoms with van der Waals surface area (Å²) in [6.07, 6.45) is 5.01. The summed E-state index contributed by atoms with van der Waals surface area (Å²) in [6.45, 7) is 0.309. The lowest BCUT2D eigenvalue weighted by Crippen LogP contribution is -2.40. The highest BCUT2D eigenvalue weighted by molar-refractivity contribution is 5.94. The average molecular weight is 348 g/mol. The summed E-state index contributed by atoms with van der Waals surface area (Å²) < 4.78 is 5.30. The molecule has 0 radical (unpaired) electrons. The lowest BCUT2D eigenvalue weighted by molar-refractivity contribution is -0.137. The fraction of sp³-hybridized carbons (Fsp3) is 0.611. The molecule has 0 unspecified atom stereocenters. The molecule has 1 amide bonds. The number of aryl methyl sites for hydroxylation is 2. The second-order valence-corrected chi connectivity index (χ2v) is 6.88. The number of likely N-dealkylation sites (tertiary alicyclic amines) is 1. The third-order valence-electron chi connectivity index (χ3n) is 5.20. The summed E-state index contributed by atoms with van der Waals surface area (Å²) in [5.74, 6) is -1.37. The average Bonchev–Trinajstić information content (AvgIpc) is 2.83. The molecule has 1 saturated heterocycles. The number of carboxylic acid groups (broad SMARTS) is 1. The van der Waals surface area contributed by atoms with Crippen LogP contribution in [0.4, 0.5) is 0 Å². The molecule has 0 aromatic carbocycles. The van der Waals surface area contributed by atoms with Gasteiger partial charge in [0.15, 0.2) is 0 Å². The van der Waals surface area contributed by atoms with Crippen LogP contribution in [0.5, 0.6) is 0 Å². The summed E-state index contributed by atoms with van der Waals surface area (Å²) in [7, 11) is 1.55. The summed E-state index contributed by atoms with van der Waals surface area (Å²) in [6, 6.07) is 1.26. The van der Waals surface area contributed by atoms with E-state index in [9.17, 15) is 14.4 Å². The van der Waals surface area contributed by atoms with Gasteiger partial charge in [0.1, 0.15) is 5.56 Å². The number of ether oxygens (including phenoxy) is 1. The molecule has 1 aliphatic heterocycles. The normalized spacial score (nSPS) is 23.2. The number of hydrogen-bond acceptors (Lipinski definition) is 4. The fourth-order valence-electron chi connectivity index (χ4n) is 3.85. The van der Waals surface area contributed by atoms with E-state index in [0.717, 1.165) is 43.4 Å². The van der Waals surface area contributed by atoms with Crippen molar-refractivity contribution in [3.05, 3.63) is 33.2 Å². The maximum Gasteiger partial charge on any atom is 0.305 e. The van der Waals surface area contributed by atoms with Crippen molar-refractivity contribution in [2.75, 3.05) is 13.7 Å². The van der Waals surface area contributed by atoms with Gasteiger partial charge in [0.05, 0.1) is 12.5 Å². The van der Waals surface area contributed by atoms with Crippen molar-refractivity contribution in [2.24, 2.45) is 0 Å². The number of rotatable bonds is 4. The molecule has 136 valence electrons. The van der Waals surface area contributed by atoms with Gasteiger partial charge in [-0.15, -0.1) is 0 Å². The second-order valence-electron chi connectivity index (χ2n) is 6.88. The monoisotopic (exact) mass is 348 g/mol. The summed E-state index contributed by atoms with van der Waals surface area (Å²) in [5.41, 5.74) is 1.67. The molecule has 3 rings (SSSR count). The quantitative estimate of drug-likeness (QED) is 0.800. The van der Waals surface area contributed by atoms with Crippen molar-refractivity contribution in [1.29, 1.82) is 0 Å². The molecule has 25 heavy (non-hydrogen) atoms. The smallest absolute Gasteiger partial charge is 0.305 e. The number of pyridine rings is 1. The van der Waals surface area contributed by atoms with Gasteiger partial charge in [-0.25, -0.2) is 0 Å². The highest BCUT2D eigenvalue weighted by atomic mass is 16.5. The first-order valence-corrected chi connectivity index (χ1v) is 8.80. The van der Waals surface area contributed by atoms with Gasteiger partial charge >= 0.3 is 5.97 Å². The number of methoxy groups -OCH3 is 1. The number of nitrogens with zero attached hydrogens (tertiary/aromatic N) is 1. The van der Waals surface area contributed by atoms with Crippen molar-refractivity contribution in [1.82, 2.24) is 9.88 Å². The number of carboxylic acids is 1. The molecule has 0 bridgehead atoms. The van der Waals surface area contributed by atoms with Crippen LogP contribution < -0.4 is 5.56 Å². The largest absolute Gasteiger partial charge is 0.481 e. The number of carbonyl (C=O) groups is 2. The van der Waals surface area contributed by atoms with Crippen LogP contribution in [0.25, 0.3) is 0 Å². The van der Waals surface area contributed by atoms with E-state index in [-0.39, 0.29) is 23.6 Å². The molecular weight excluding hydrogens is 324 g/mol. The molecule has 1 fully saturated rings. The molecule has 2 aliphatic rings. The second kappa shape index (κ2) is 7.39. The summed E-state index contributed by atoms with van der Waals surface area (Å²) in [5, 5.41) is 9.10. The highest BCUT2D eigenvalue weighted by Gasteiger charge is 2.37. The summed E-state index contributed by atoms with van der Waals surface area (Å²) in [4.78, 5) is 40.8. The Kier molecular flexibility index (Phi) is 5.22. The standard InChI is InChI=1S/C18H24N2O5/c1-25-13-8-12(9-16(21)22)20(10-13)18(24)14-7-11-5-3-2-4-6-15(11)19-17(14)23/h7,12-13H,2-6,8-10H2,1H3,(H,19,23)(H,21,22)/t12-,13+/m0/s1. The highest BCUT2D eigenvalue weighted by Crippen LogP contribution is 2.25. The first kappa shape index (κ1) is 17.7. The lowest BCUT2D eigenvalue weighted by atomic mass is 10.0. The van der Waals surface area contributed by atoms with Crippen LogP contribution in [-0.2, 0) is 22.4 Å². The number of H-pyrrole nitrogens is 1. The number of amides is 1. The molecular formula is C18H24N2O5. The number of hydrogen-bond donors (Lipinski definition) is 2. The van der Waals surface area contributed by atoms with Crippen LogP contribution in [0.15, 0.2) is 10.9 Å². The van der Waals surface area contributed by atoms with Crippen LogP contribution >= 0.6 is 0 Å². The Hall–Kier alpha value is -2.15. The van der Waals surface area contributed by atoms with Crippen molar-refractivity contribution in [3.8, 4) is 0 Å². The van der Waals surface area contributed by atoms with Gasteiger partial charge in [-0.2, -0.15) is 0 Å². The zero-order chi connectivity index (χ0) is 18.0. The minimum absolute atomic E-state index is 0.104. The minimum atomic E-state index is -0.963. The predicted octanol–water partition coefficient (Wildman–Crippen LogP) is 1.35. The number of nitrogens with one attached hydrogen (secondary N) is 1. The van der Waals surface area contributed by atoms with E-state index in [1.165, 1.54) is 4.90 Å². The van der Waals surface area contributed by atoms with Crippen molar-refractivity contribution < 1.29 is 19.4 Å². The maximum absolute atomic E-state index is 13.0. The Bertz CT molecular complexity index is 727. The first-order valence-electron chi connectivity index (χ1n) is 8.80. The van der Waals surface area contributed by atoms with Crippen LogP contribution in [0.1, 0.15) is 53.7 Å². The van der Waals surface area contributed by atoms with E-state index in [1.54, 1.807) is 13.2 Å². The van der Waals surface area contributed by atoms with Gasteiger partial charge in [-0.05, 0) is 43.7 Å². The molecule has 2 atom stereocenters. The third kappa shape index (κ3) is 3.76. The zero-order valence-electron chi connectivity index (χ0n) is 14.4. The van der Waals surface area contributed by atoms with Crippen LogP contribution in [-0.4, -0.2) is 52.7 Å². The number of fused-ring (bicyclic) bond motifs is 1. The molecule has 2 heterocycles.